The summed E-state index contributed by atoms with van der Waals surface area (Å²) in [5.41, 5.74) is 4.20. The van der Waals surface area contributed by atoms with Gasteiger partial charge in [0.05, 0.1) is 13.5 Å². The van der Waals surface area contributed by atoms with E-state index in [-0.39, 0.29) is 24.3 Å². The molecule has 2 aromatic rings. The third-order valence-electron chi connectivity index (χ3n) is 6.48. The van der Waals surface area contributed by atoms with Crippen LogP contribution < -0.4 is 10.1 Å². The number of benzene rings is 2. The largest absolute Gasteiger partial charge is 0.497 e. The molecule has 172 valence electrons. The number of carbonyl (C=O) groups is 2. The van der Waals surface area contributed by atoms with Gasteiger partial charge in [-0.15, -0.1) is 0 Å². The maximum Gasteiger partial charge on any atom is 0.242 e. The lowest BCUT2D eigenvalue weighted by Crippen LogP contribution is -2.50. The number of nitrogens with zero attached hydrogens (tertiary/aromatic N) is 1. The van der Waals surface area contributed by atoms with Crippen molar-refractivity contribution in [2.24, 2.45) is 0 Å². The molecule has 0 heterocycles. The third-order valence-corrected chi connectivity index (χ3v) is 6.48. The van der Waals surface area contributed by atoms with Gasteiger partial charge in [-0.05, 0) is 62.4 Å². The van der Waals surface area contributed by atoms with E-state index in [4.69, 9.17) is 4.74 Å². The molecule has 0 aliphatic heterocycles. The van der Waals surface area contributed by atoms with Gasteiger partial charge in [-0.25, -0.2) is 0 Å². The van der Waals surface area contributed by atoms with Gasteiger partial charge in [-0.2, -0.15) is 0 Å². The lowest BCUT2D eigenvalue weighted by atomic mass is 9.95. The van der Waals surface area contributed by atoms with E-state index in [1.807, 2.05) is 51.1 Å². The van der Waals surface area contributed by atoms with Gasteiger partial charge in [-0.3, -0.25) is 9.59 Å². The minimum atomic E-state index is -0.545. The van der Waals surface area contributed by atoms with Gasteiger partial charge in [0.1, 0.15) is 11.8 Å². The number of nitrogens with one attached hydrogen (secondary N) is 1. The molecule has 1 N–H and O–H groups in total. The summed E-state index contributed by atoms with van der Waals surface area (Å²) in [4.78, 5) is 28.3. The molecule has 1 fully saturated rings. The number of hydrogen-bond acceptors (Lipinski definition) is 3. The van der Waals surface area contributed by atoms with Crippen molar-refractivity contribution in [1.29, 1.82) is 0 Å². The average Bonchev–Trinajstić information content (AvgIpc) is 2.80. The van der Waals surface area contributed by atoms with Crippen LogP contribution in [0.2, 0.25) is 0 Å². The first-order valence-corrected chi connectivity index (χ1v) is 11.7. The van der Waals surface area contributed by atoms with Crippen molar-refractivity contribution in [3.05, 3.63) is 64.7 Å². The van der Waals surface area contributed by atoms with Crippen LogP contribution in [0.5, 0.6) is 5.75 Å². The first-order valence-electron chi connectivity index (χ1n) is 11.7. The monoisotopic (exact) mass is 436 g/mol. The van der Waals surface area contributed by atoms with E-state index < -0.39 is 6.04 Å². The van der Waals surface area contributed by atoms with Crippen molar-refractivity contribution in [3.8, 4) is 5.75 Å². The Bertz CT molecular complexity index is 917. The number of aryl methyl sites for hydroxylation is 2. The Morgan fingerprint density at radius 2 is 1.75 bits per heavy atom. The van der Waals surface area contributed by atoms with E-state index in [0.29, 0.717) is 6.54 Å². The van der Waals surface area contributed by atoms with Crippen LogP contribution in [0.1, 0.15) is 61.3 Å². The molecule has 0 saturated heterocycles. The van der Waals surface area contributed by atoms with Gasteiger partial charge in [0.2, 0.25) is 11.8 Å². The minimum absolute atomic E-state index is 0.0409. The van der Waals surface area contributed by atoms with E-state index in [2.05, 4.69) is 17.4 Å². The van der Waals surface area contributed by atoms with Crippen LogP contribution in [0.3, 0.4) is 0 Å². The molecule has 5 nitrogen and oxygen atoms in total. The van der Waals surface area contributed by atoms with Crippen LogP contribution >= 0.6 is 0 Å². The third kappa shape index (κ3) is 6.35. The number of ether oxygens (including phenoxy) is 1. The van der Waals surface area contributed by atoms with Crippen LogP contribution in [-0.4, -0.2) is 35.9 Å². The van der Waals surface area contributed by atoms with Crippen molar-refractivity contribution in [1.82, 2.24) is 10.2 Å². The molecule has 3 rings (SSSR count). The molecule has 2 amide bonds. The highest BCUT2D eigenvalue weighted by atomic mass is 16.5. The Labute approximate surface area is 192 Å². The fourth-order valence-electron chi connectivity index (χ4n) is 4.33. The molecule has 5 heteroatoms. The van der Waals surface area contributed by atoms with E-state index in [0.717, 1.165) is 53.7 Å². The summed E-state index contributed by atoms with van der Waals surface area (Å²) in [5.74, 6) is 0.658. The Hall–Kier alpha value is -2.82. The van der Waals surface area contributed by atoms with Crippen molar-refractivity contribution in [2.45, 2.75) is 77.9 Å². The molecule has 0 spiro atoms. The molecule has 2 aromatic carbocycles. The topological polar surface area (TPSA) is 58.6 Å². The number of amides is 2. The molecular weight excluding hydrogens is 400 g/mol. The Morgan fingerprint density at radius 3 is 2.41 bits per heavy atom. The molecular formula is C27H36N2O3. The maximum absolute atomic E-state index is 13.5. The summed E-state index contributed by atoms with van der Waals surface area (Å²) in [6.07, 6.45) is 5.87. The van der Waals surface area contributed by atoms with Crippen LogP contribution in [0.15, 0.2) is 42.5 Å². The molecule has 0 aromatic heterocycles. The number of hydrogen-bond donors (Lipinski definition) is 1. The Balaban J connectivity index is 1.79. The molecule has 1 aliphatic carbocycles. The second-order valence-corrected chi connectivity index (χ2v) is 9.00. The Kier molecular flexibility index (Phi) is 8.32. The van der Waals surface area contributed by atoms with Crippen LogP contribution in [-0.2, 0) is 22.6 Å². The zero-order valence-electron chi connectivity index (χ0n) is 19.8. The highest BCUT2D eigenvalue weighted by molar-refractivity contribution is 5.88. The summed E-state index contributed by atoms with van der Waals surface area (Å²) in [5, 5.41) is 3.19. The van der Waals surface area contributed by atoms with Crippen LogP contribution in [0.25, 0.3) is 0 Å². The summed E-state index contributed by atoms with van der Waals surface area (Å²) in [7, 11) is 1.63. The second kappa shape index (κ2) is 11.2. The predicted octanol–water partition coefficient (Wildman–Crippen LogP) is 4.72. The second-order valence-electron chi connectivity index (χ2n) is 9.00. The lowest BCUT2D eigenvalue weighted by molar-refractivity contribution is -0.140. The Morgan fingerprint density at radius 1 is 1.06 bits per heavy atom. The lowest BCUT2D eigenvalue weighted by Gasteiger charge is -2.31. The summed E-state index contributed by atoms with van der Waals surface area (Å²) >= 11 is 0. The standard InChI is InChI=1S/C27H36N2O3/c1-19-10-11-20(2)23(16-19)17-26(30)29(18-22-12-14-25(32-4)15-13-22)21(3)27(31)28-24-8-6-5-7-9-24/h10-16,21,24H,5-9,17-18H2,1-4H3,(H,28,31)/t21-/m0/s1. The predicted molar refractivity (Wildman–Crippen MR) is 128 cm³/mol. The van der Waals surface area contributed by atoms with Crippen molar-refractivity contribution in [2.75, 3.05) is 7.11 Å². The first-order chi connectivity index (χ1) is 15.4. The van der Waals surface area contributed by atoms with Gasteiger partial charge < -0.3 is 15.0 Å². The minimum Gasteiger partial charge on any atom is -0.497 e. The van der Waals surface area contributed by atoms with Crippen molar-refractivity contribution >= 4 is 11.8 Å². The smallest absolute Gasteiger partial charge is 0.242 e. The van der Waals surface area contributed by atoms with Gasteiger partial charge in [0.25, 0.3) is 0 Å². The van der Waals surface area contributed by atoms with Crippen molar-refractivity contribution < 1.29 is 14.3 Å². The number of carbonyl (C=O) groups excluding carboxylic acids is 2. The van der Waals surface area contributed by atoms with E-state index in [9.17, 15) is 9.59 Å². The van der Waals surface area contributed by atoms with Gasteiger partial charge in [0, 0.05) is 12.6 Å². The quantitative estimate of drug-likeness (QED) is 0.651. The highest BCUT2D eigenvalue weighted by Crippen LogP contribution is 2.20. The highest BCUT2D eigenvalue weighted by Gasteiger charge is 2.28. The average molecular weight is 437 g/mol. The van der Waals surface area contributed by atoms with E-state index in [1.165, 1.54) is 6.42 Å². The molecule has 1 aliphatic rings. The number of rotatable bonds is 8. The maximum atomic E-state index is 13.5. The number of methoxy groups -OCH3 is 1. The summed E-state index contributed by atoms with van der Waals surface area (Å²) in [6, 6.07) is 13.5. The SMILES string of the molecule is COc1ccc(CN(C(=O)Cc2cc(C)ccc2C)[C@@H](C)C(=O)NC2CCCCC2)cc1. The zero-order chi connectivity index (χ0) is 23.1. The summed E-state index contributed by atoms with van der Waals surface area (Å²) in [6.45, 7) is 6.27. The molecule has 0 unspecified atom stereocenters. The van der Waals surface area contributed by atoms with Crippen LogP contribution in [0, 0.1) is 13.8 Å². The first kappa shape index (κ1) is 23.8. The van der Waals surface area contributed by atoms with Gasteiger partial charge in [0.15, 0.2) is 0 Å². The molecule has 32 heavy (non-hydrogen) atoms. The molecule has 0 bridgehead atoms. The van der Waals surface area contributed by atoms with E-state index >= 15 is 0 Å². The van der Waals surface area contributed by atoms with Crippen LogP contribution in [0.4, 0.5) is 0 Å². The van der Waals surface area contributed by atoms with Gasteiger partial charge >= 0.3 is 0 Å². The van der Waals surface area contributed by atoms with Gasteiger partial charge in [-0.1, -0.05) is 55.2 Å². The fourth-order valence-corrected chi connectivity index (χ4v) is 4.33. The molecule has 0 radical (unpaired) electrons. The normalized spacial score (nSPS) is 15.1. The van der Waals surface area contributed by atoms with Crippen molar-refractivity contribution in [3.63, 3.8) is 0 Å². The molecule has 1 atom stereocenters. The zero-order valence-corrected chi connectivity index (χ0v) is 19.8. The molecule has 1 saturated carbocycles. The fraction of sp³-hybridized carbons (Fsp3) is 0.481. The summed E-state index contributed by atoms with van der Waals surface area (Å²) < 4.78 is 5.25. The van der Waals surface area contributed by atoms with E-state index in [1.54, 1.807) is 12.0 Å².